The van der Waals surface area contributed by atoms with Crippen molar-refractivity contribution >= 4 is 32.5 Å². The molecular formula is C15H13BrO5. The van der Waals surface area contributed by atoms with Gasteiger partial charge in [-0.1, -0.05) is 6.92 Å². The second-order valence-electron chi connectivity index (χ2n) is 4.65. The number of rotatable bonds is 3. The molecule has 110 valence electrons. The van der Waals surface area contributed by atoms with Crippen LogP contribution in [0.15, 0.2) is 27.5 Å². The highest BCUT2D eigenvalue weighted by molar-refractivity contribution is 9.10. The van der Waals surface area contributed by atoms with Crippen molar-refractivity contribution < 1.29 is 20.1 Å². The number of benzene rings is 1. The molecule has 21 heavy (non-hydrogen) atoms. The molecule has 0 aliphatic rings. The molecule has 0 radical (unpaired) electrons. The first kappa shape index (κ1) is 15.3. The number of hydrogen-bond donors (Lipinski definition) is 3. The summed E-state index contributed by atoms with van der Waals surface area (Å²) in [5, 5.41) is 29.4. The lowest BCUT2D eigenvalue weighted by atomic mass is 10.1. The summed E-state index contributed by atoms with van der Waals surface area (Å²) in [6, 6.07) is 3.91. The first-order valence-electron chi connectivity index (χ1n) is 6.31. The third-order valence-electron chi connectivity index (χ3n) is 3.12. The molecule has 0 unspecified atom stereocenters. The molecular weight excluding hydrogens is 340 g/mol. The van der Waals surface area contributed by atoms with Gasteiger partial charge in [-0.15, -0.1) is 0 Å². The molecule has 0 bridgehead atoms. The number of ketones is 1. The summed E-state index contributed by atoms with van der Waals surface area (Å²) in [5.41, 5.74) is -0.667. The molecule has 6 heteroatoms. The molecule has 0 aromatic heterocycles. The molecule has 0 fully saturated rings. The second-order valence-corrected chi connectivity index (χ2v) is 5.51. The second kappa shape index (κ2) is 5.73. The van der Waals surface area contributed by atoms with Crippen molar-refractivity contribution in [2.45, 2.75) is 19.8 Å². The van der Waals surface area contributed by atoms with Crippen LogP contribution < -0.4 is 5.43 Å². The van der Waals surface area contributed by atoms with Crippen molar-refractivity contribution in [3.05, 3.63) is 38.5 Å². The maximum Gasteiger partial charge on any atom is 0.231 e. The van der Waals surface area contributed by atoms with Crippen LogP contribution >= 0.6 is 15.9 Å². The van der Waals surface area contributed by atoms with E-state index in [1.807, 2.05) is 6.92 Å². The van der Waals surface area contributed by atoms with E-state index in [4.69, 9.17) is 0 Å². The minimum absolute atomic E-state index is 0.179. The molecule has 0 aliphatic carbocycles. The van der Waals surface area contributed by atoms with Gasteiger partial charge in [-0.05, 0) is 45.9 Å². The average Bonchev–Trinajstić information content (AvgIpc) is 2.55. The molecule has 0 aliphatic heterocycles. The van der Waals surface area contributed by atoms with Crippen molar-refractivity contribution in [2.75, 3.05) is 0 Å². The number of phenolic OH excluding ortho intramolecular Hbond substituents is 2. The van der Waals surface area contributed by atoms with Crippen LogP contribution in [0.5, 0.6) is 17.2 Å². The SMILES string of the molecule is CCCC(=O)c1cc(O)c(=O)c2c(O)c(O)c(Br)cc2c1. The van der Waals surface area contributed by atoms with E-state index < -0.39 is 22.7 Å². The van der Waals surface area contributed by atoms with Crippen LogP contribution in [0.1, 0.15) is 30.1 Å². The number of carbonyl (C=O) groups is 1. The summed E-state index contributed by atoms with van der Waals surface area (Å²) < 4.78 is 0.187. The highest BCUT2D eigenvalue weighted by Crippen LogP contribution is 2.39. The third-order valence-corrected chi connectivity index (χ3v) is 3.72. The predicted molar refractivity (Wildman–Crippen MR) is 82.2 cm³/mol. The van der Waals surface area contributed by atoms with E-state index in [1.54, 1.807) is 0 Å². The predicted octanol–water partition coefficient (Wildman–Crippen LogP) is 3.06. The molecule has 2 aromatic carbocycles. The number of aromatic hydroxyl groups is 3. The normalized spacial score (nSPS) is 10.8. The maximum absolute atomic E-state index is 12.1. The van der Waals surface area contributed by atoms with Gasteiger partial charge in [-0.25, -0.2) is 0 Å². The highest BCUT2D eigenvalue weighted by Gasteiger charge is 2.16. The van der Waals surface area contributed by atoms with Gasteiger partial charge in [-0.3, -0.25) is 9.59 Å². The van der Waals surface area contributed by atoms with Gasteiger partial charge in [0.1, 0.15) is 0 Å². The van der Waals surface area contributed by atoms with E-state index in [-0.39, 0.29) is 33.0 Å². The van der Waals surface area contributed by atoms with Crippen LogP contribution in [0.25, 0.3) is 10.8 Å². The molecule has 2 rings (SSSR count). The summed E-state index contributed by atoms with van der Waals surface area (Å²) in [6.07, 6.45) is 0.917. The fourth-order valence-corrected chi connectivity index (χ4v) is 2.51. The monoisotopic (exact) mass is 352 g/mol. The Morgan fingerprint density at radius 2 is 1.81 bits per heavy atom. The summed E-state index contributed by atoms with van der Waals surface area (Å²) in [4.78, 5) is 24.1. The van der Waals surface area contributed by atoms with Crippen molar-refractivity contribution in [3.63, 3.8) is 0 Å². The van der Waals surface area contributed by atoms with Crippen LogP contribution in [-0.2, 0) is 0 Å². The lowest BCUT2D eigenvalue weighted by Gasteiger charge is -2.03. The summed E-state index contributed by atoms with van der Waals surface area (Å²) in [6.45, 7) is 1.85. The summed E-state index contributed by atoms with van der Waals surface area (Å²) in [7, 11) is 0. The number of carbonyl (C=O) groups excluding carboxylic acids is 1. The maximum atomic E-state index is 12.1. The van der Waals surface area contributed by atoms with Crippen molar-refractivity contribution in [3.8, 4) is 17.2 Å². The van der Waals surface area contributed by atoms with Crippen LogP contribution in [0.3, 0.4) is 0 Å². The number of Topliss-reactive ketones (excluding diaryl/α,β-unsaturated/α-hetero) is 1. The zero-order valence-electron chi connectivity index (χ0n) is 11.2. The van der Waals surface area contributed by atoms with E-state index in [2.05, 4.69) is 15.9 Å². The van der Waals surface area contributed by atoms with Gasteiger partial charge in [-0.2, -0.15) is 0 Å². The standard InChI is InChI=1S/C15H13BrO5/c1-2-3-10(17)7-4-8-5-9(16)13(19)15(21)12(8)14(20)11(18)6-7/h4-6,19,21H,2-3H2,1H3,(H,18,20). The molecule has 0 saturated heterocycles. The molecule has 0 spiro atoms. The smallest absolute Gasteiger partial charge is 0.231 e. The van der Waals surface area contributed by atoms with E-state index in [0.29, 0.717) is 6.42 Å². The number of phenols is 2. The zero-order valence-corrected chi connectivity index (χ0v) is 12.8. The van der Waals surface area contributed by atoms with Crippen molar-refractivity contribution in [2.24, 2.45) is 0 Å². The first-order chi connectivity index (χ1) is 9.86. The highest BCUT2D eigenvalue weighted by atomic mass is 79.9. The summed E-state index contributed by atoms with van der Waals surface area (Å²) in [5.74, 6) is -1.99. The Bertz CT molecular complexity index is 798. The van der Waals surface area contributed by atoms with Crippen molar-refractivity contribution in [1.29, 1.82) is 0 Å². The summed E-state index contributed by atoms with van der Waals surface area (Å²) >= 11 is 3.06. The fraction of sp³-hybridized carbons (Fsp3) is 0.200. The fourth-order valence-electron chi connectivity index (χ4n) is 2.08. The van der Waals surface area contributed by atoms with Gasteiger partial charge in [0, 0.05) is 12.0 Å². The molecule has 0 saturated carbocycles. The molecule has 5 nitrogen and oxygen atoms in total. The van der Waals surface area contributed by atoms with E-state index in [1.165, 1.54) is 12.1 Å². The molecule has 0 amide bonds. The third kappa shape index (κ3) is 2.71. The van der Waals surface area contributed by atoms with E-state index >= 15 is 0 Å². The zero-order chi connectivity index (χ0) is 15.7. The van der Waals surface area contributed by atoms with E-state index in [0.717, 1.165) is 6.07 Å². The van der Waals surface area contributed by atoms with Crippen LogP contribution in [-0.4, -0.2) is 21.1 Å². The molecule has 0 heterocycles. The van der Waals surface area contributed by atoms with Gasteiger partial charge in [0.15, 0.2) is 23.0 Å². The van der Waals surface area contributed by atoms with Gasteiger partial charge in [0.05, 0.1) is 9.86 Å². The first-order valence-corrected chi connectivity index (χ1v) is 7.10. The minimum Gasteiger partial charge on any atom is -0.504 e. The number of halogens is 1. The Labute approximate surface area is 128 Å². The Morgan fingerprint density at radius 1 is 1.14 bits per heavy atom. The topological polar surface area (TPSA) is 94.8 Å². The largest absolute Gasteiger partial charge is 0.504 e. The van der Waals surface area contributed by atoms with Gasteiger partial charge >= 0.3 is 0 Å². The Morgan fingerprint density at radius 3 is 2.43 bits per heavy atom. The molecule has 2 aromatic rings. The minimum atomic E-state index is -0.846. The Hall–Kier alpha value is -2.08. The number of hydrogen-bond acceptors (Lipinski definition) is 5. The van der Waals surface area contributed by atoms with Gasteiger partial charge in [0.2, 0.25) is 5.43 Å². The lowest BCUT2D eigenvalue weighted by Crippen LogP contribution is -1.98. The number of fused-ring (bicyclic) bond motifs is 1. The Balaban J connectivity index is 2.93. The van der Waals surface area contributed by atoms with Crippen LogP contribution in [0, 0.1) is 0 Å². The quantitative estimate of drug-likeness (QED) is 0.582. The lowest BCUT2D eigenvalue weighted by molar-refractivity contribution is 0.0981. The van der Waals surface area contributed by atoms with E-state index in [9.17, 15) is 24.9 Å². The molecule has 3 N–H and O–H groups in total. The van der Waals surface area contributed by atoms with Crippen molar-refractivity contribution in [1.82, 2.24) is 0 Å². The van der Waals surface area contributed by atoms with Gasteiger partial charge < -0.3 is 15.3 Å². The average molecular weight is 353 g/mol. The Kier molecular flexibility index (Phi) is 4.18. The van der Waals surface area contributed by atoms with Crippen LogP contribution in [0.2, 0.25) is 0 Å². The molecule has 0 atom stereocenters. The van der Waals surface area contributed by atoms with Crippen LogP contribution in [0.4, 0.5) is 0 Å². The van der Waals surface area contributed by atoms with Gasteiger partial charge in [0.25, 0.3) is 0 Å².